The van der Waals surface area contributed by atoms with Gasteiger partial charge in [-0.1, -0.05) is 12.8 Å². The van der Waals surface area contributed by atoms with Crippen molar-refractivity contribution in [2.75, 3.05) is 13.1 Å². The van der Waals surface area contributed by atoms with Gasteiger partial charge in [-0.3, -0.25) is 9.63 Å². The molecular weight excluding hydrogens is 216 g/mol. The Labute approximate surface area is 103 Å². The van der Waals surface area contributed by atoms with E-state index in [1.807, 2.05) is 0 Å². The first kappa shape index (κ1) is 12.8. The van der Waals surface area contributed by atoms with Crippen LogP contribution in [0.4, 0.5) is 0 Å². The molecule has 1 heterocycles. The van der Waals surface area contributed by atoms with Crippen LogP contribution >= 0.6 is 0 Å². The molecule has 1 saturated heterocycles. The van der Waals surface area contributed by atoms with Gasteiger partial charge in [0.25, 0.3) is 0 Å². The number of amides is 1. The maximum Gasteiger partial charge on any atom is 0.243 e. The predicted octanol–water partition coefficient (Wildman–Crippen LogP) is 1.76. The third-order valence-corrected chi connectivity index (χ3v) is 3.88. The Bertz CT molecular complexity index is 234. The normalized spacial score (nSPS) is 22.8. The fraction of sp³-hybridized carbons (Fsp3) is 0.923. The van der Waals surface area contributed by atoms with Crippen LogP contribution in [0, 0.1) is 5.92 Å². The van der Waals surface area contributed by atoms with Crippen LogP contribution in [0.1, 0.15) is 51.4 Å². The molecule has 0 aromatic carbocycles. The van der Waals surface area contributed by atoms with Crippen LogP contribution in [-0.4, -0.2) is 25.1 Å². The van der Waals surface area contributed by atoms with E-state index in [2.05, 4.69) is 10.8 Å². The monoisotopic (exact) mass is 240 g/mol. The molecule has 2 fully saturated rings. The second-order valence-electron chi connectivity index (χ2n) is 5.28. The topological polar surface area (TPSA) is 50.4 Å². The van der Waals surface area contributed by atoms with Crippen LogP contribution in [0.15, 0.2) is 0 Å². The molecule has 1 amide bonds. The zero-order valence-corrected chi connectivity index (χ0v) is 10.5. The highest BCUT2D eigenvalue weighted by Crippen LogP contribution is 2.20. The summed E-state index contributed by atoms with van der Waals surface area (Å²) in [5.41, 5.74) is 2.61. The SMILES string of the molecule is O=C(CCC1CCNCC1)NOC1CCCC1. The molecule has 4 heteroatoms. The molecule has 2 rings (SSSR count). The highest BCUT2D eigenvalue weighted by molar-refractivity contribution is 5.74. The Morgan fingerprint density at radius 1 is 1.18 bits per heavy atom. The minimum atomic E-state index is 0.0513. The van der Waals surface area contributed by atoms with Crippen LogP contribution < -0.4 is 10.8 Å². The quantitative estimate of drug-likeness (QED) is 0.720. The molecule has 98 valence electrons. The summed E-state index contributed by atoms with van der Waals surface area (Å²) in [4.78, 5) is 17.0. The van der Waals surface area contributed by atoms with Crippen molar-refractivity contribution >= 4 is 5.91 Å². The van der Waals surface area contributed by atoms with Gasteiger partial charge >= 0.3 is 0 Å². The summed E-state index contributed by atoms with van der Waals surface area (Å²) < 4.78 is 0. The molecule has 0 atom stereocenters. The number of hydroxylamine groups is 1. The Morgan fingerprint density at radius 3 is 2.59 bits per heavy atom. The zero-order chi connectivity index (χ0) is 11.9. The van der Waals surface area contributed by atoms with Crippen LogP contribution in [-0.2, 0) is 9.63 Å². The summed E-state index contributed by atoms with van der Waals surface area (Å²) in [6, 6.07) is 0. The number of carbonyl (C=O) groups is 1. The van der Waals surface area contributed by atoms with E-state index in [-0.39, 0.29) is 12.0 Å². The third-order valence-electron chi connectivity index (χ3n) is 3.88. The average Bonchev–Trinajstić information content (AvgIpc) is 2.88. The lowest BCUT2D eigenvalue weighted by Crippen LogP contribution is -2.30. The first-order valence-corrected chi connectivity index (χ1v) is 7.00. The van der Waals surface area contributed by atoms with Gasteiger partial charge in [0.1, 0.15) is 0 Å². The lowest BCUT2D eigenvalue weighted by atomic mass is 9.93. The molecule has 0 aromatic rings. The number of hydrogen-bond acceptors (Lipinski definition) is 3. The van der Waals surface area contributed by atoms with Crippen molar-refractivity contribution in [1.29, 1.82) is 0 Å². The number of carbonyl (C=O) groups excluding carboxylic acids is 1. The van der Waals surface area contributed by atoms with Crippen LogP contribution in [0.5, 0.6) is 0 Å². The van der Waals surface area contributed by atoms with Crippen molar-refractivity contribution in [1.82, 2.24) is 10.8 Å². The summed E-state index contributed by atoms with van der Waals surface area (Å²) in [5, 5.41) is 3.34. The molecule has 1 aliphatic heterocycles. The lowest BCUT2D eigenvalue weighted by Gasteiger charge is -2.22. The lowest BCUT2D eigenvalue weighted by molar-refractivity contribution is -0.138. The molecule has 1 aliphatic carbocycles. The largest absolute Gasteiger partial charge is 0.317 e. The molecule has 2 N–H and O–H groups in total. The summed E-state index contributed by atoms with van der Waals surface area (Å²) in [6.45, 7) is 2.20. The van der Waals surface area contributed by atoms with Gasteiger partial charge in [-0.2, -0.15) is 0 Å². The van der Waals surface area contributed by atoms with Gasteiger partial charge in [-0.15, -0.1) is 0 Å². The summed E-state index contributed by atoms with van der Waals surface area (Å²) in [5.74, 6) is 0.768. The molecule has 0 bridgehead atoms. The van der Waals surface area contributed by atoms with Crippen LogP contribution in [0.3, 0.4) is 0 Å². The fourth-order valence-electron chi connectivity index (χ4n) is 2.71. The molecule has 0 unspecified atom stereocenters. The Hall–Kier alpha value is -0.610. The van der Waals surface area contributed by atoms with Gasteiger partial charge in [0.2, 0.25) is 5.91 Å². The van der Waals surface area contributed by atoms with Gasteiger partial charge in [0.15, 0.2) is 0 Å². The average molecular weight is 240 g/mol. The van der Waals surface area contributed by atoms with E-state index in [0.717, 1.165) is 32.4 Å². The Kier molecular flexibility index (Phi) is 5.26. The fourth-order valence-corrected chi connectivity index (χ4v) is 2.71. The molecule has 0 radical (unpaired) electrons. The first-order valence-electron chi connectivity index (χ1n) is 7.00. The van der Waals surface area contributed by atoms with Crippen molar-refractivity contribution < 1.29 is 9.63 Å². The van der Waals surface area contributed by atoms with Crippen LogP contribution in [0.2, 0.25) is 0 Å². The summed E-state index contributed by atoms with van der Waals surface area (Å²) in [6.07, 6.45) is 8.93. The smallest absolute Gasteiger partial charge is 0.243 e. The van der Waals surface area contributed by atoms with E-state index in [4.69, 9.17) is 4.84 Å². The number of nitrogens with one attached hydrogen (secondary N) is 2. The van der Waals surface area contributed by atoms with E-state index < -0.39 is 0 Å². The highest BCUT2D eigenvalue weighted by Gasteiger charge is 2.18. The summed E-state index contributed by atoms with van der Waals surface area (Å²) >= 11 is 0. The maximum atomic E-state index is 11.6. The number of rotatable bonds is 5. The van der Waals surface area contributed by atoms with Crippen molar-refractivity contribution in [3.8, 4) is 0 Å². The van der Waals surface area contributed by atoms with Crippen molar-refractivity contribution in [2.24, 2.45) is 5.92 Å². The van der Waals surface area contributed by atoms with Gasteiger partial charge in [0, 0.05) is 6.42 Å². The zero-order valence-electron chi connectivity index (χ0n) is 10.5. The van der Waals surface area contributed by atoms with Gasteiger partial charge in [0.05, 0.1) is 6.10 Å². The first-order chi connectivity index (χ1) is 8.34. The van der Waals surface area contributed by atoms with E-state index in [0.29, 0.717) is 12.3 Å². The van der Waals surface area contributed by atoms with Crippen molar-refractivity contribution in [3.63, 3.8) is 0 Å². The van der Waals surface area contributed by atoms with E-state index in [9.17, 15) is 4.79 Å². The van der Waals surface area contributed by atoms with Crippen molar-refractivity contribution in [2.45, 2.75) is 57.5 Å². The number of hydrogen-bond donors (Lipinski definition) is 2. The predicted molar refractivity (Wildman–Crippen MR) is 66.3 cm³/mol. The van der Waals surface area contributed by atoms with E-state index in [1.165, 1.54) is 25.7 Å². The molecule has 17 heavy (non-hydrogen) atoms. The second kappa shape index (κ2) is 6.97. The summed E-state index contributed by atoms with van der Waals surface area (Å²) in [7, 11) is 0. The minimum absolute atomic E-state index is 0.0513. The third kappa shape index (κ3) is 4.64. The Morgan fingerprint density at radius 2 is 1.88 bits per heavy atom. The molecule has 4 nitrogen and oxygen atoms in total. The second-order valence-corrected chi connectivity index (χ2v) is 5.28. The molecule has 2 aliphatic rings. The van der Waals surface area contributed by atoms with Crippen molar-refractivity contribution in [3.05, 3.63) is 0 Å². The van der Waals surface area contributed by atoms with Crippen LogP contribution in [0.25, 0.3) is 0 Å². The molecule has 1 saturated carbocycles. The van der Waals surface area contributed by atoms with Gasteiger partial charge < -0.3 is 5.32 Å². The number of piperidine rings is 1. The van der Waals surface area contributed by atoms with Gasteiger partial charge in [-0.25, -0.2) is 5.48 Å². The maximum absolute atomic E-state index is 11.6. The standard InChI is InChI=1S/C13H24N2O2/c16-13(15-17-12-3-1-2-4-12)6-5-11-7-9-14-10-8-11/h11-12,14H,1-10H2,(H,15,16). The van der Waals surface area contributed by atoms with E-state index in [1.54, 1.807) is 0 Å². The molecule has 0 aromatic heterocycles. The van der Waals surface area contributed by atoms with Gasteiger partial charge in [-0.05, 0) is 51.1 Å². The molecular formula is C13H24N2O2. The molecule has 0 spiro atoms. The highest BCUT2D eigenvalue weighted by atomic mass is 16.7. The van der Waals surface area contributed by atoms with E-state index >= 15 is 0 Å². The Balaban J connectivity index is 1.53. The minimum Gasteiger partial charge on any atom is -0.317 e.